The summed E-state index contributed by atoms with van der Waals surface area (Å²) in [6.45, 7) is 0. The third-order valence-corrected chi connectivity index (χ3v) is 6.73. The van der Waals surface area contributed by atoms with E-state index in [4.69, 9.17) is 0 Å². The first-order valence-electron chi connectivity index (χ1n) is 6.78. The van der Waals surface area contributed by atoms with E-state index in [1.807, 2.05) is 0 Å². The van der Waals surface area contributed by atoms with Crippen LogP contribution in [0.3, 0.4) is 0 Å². The Labute approximate surface area is 91.6 Å². The van der Waals surface area contributed by atoms with Crippen molar-refractivity contribution < 1.29 is 4.79 Å². The van der Waals surface area contributed by atoms with E-state index in [-0.39, 0.29) is 5.41 Å². The molecule has 3 spiro atoms. The number of fused-ring (bicyclic) bond motifs is 2. The van der Waals surface area contributed by atoms with Crippen LogP contribution in [-0.2, 0) is 4.79 Å². The summed E-state index contributed by atoms with van der Waals surface area (Å²) in [6, 6.07) is 0. The van der Waals surface area contributed by atoms with E-state index in [9.17, 15) is 4.79 Å². The van der Waals surface area contributed by atoms with Crippen LogP contribution in [-0.4, -0.2) is 5.78 Å². The van der Waals surface area contributed by atoms with Crippen molar-refractivity contribution in [1.82, 2.24) is 0 Å². The van der Waals surface area contributed by atoms with Gasteiger partial charge in [-0.3, -0.25) is 4.79 Å². The highest BCUT2D eigenvalue weighted by molar-refractivity contribution is 5.94. The molecule has 1 atom stereocenters. The zero-order chi connectivity index (χ0) is 10.1. The Morgan fingerprint density at radius 1 is 0.800 bits per heavy atom. The van der Waals surface area contributed by atoms with Crippen molar-refractivity contribution in [3.63, 3.8) is 0 Å². The fraction of sp³-hybridized carbons (Fsp3) is 0.929. The molecule has 0 N–H and O–H groups in total. The standard InChI is InChI=1S/C14H20O/c15-11-10-14(13(11)6-1-2-7-13)9-8-12(14)4-3-5-12/h1-10H2/t14-/m1/s1. The molecule has 4 saturated carbocycles. The Hall–Kier alpha value is -0.330. The molecular weight excluding hydrogens is 184 g/mol. The molecule has 82 valence electrons. The molecule has 1 nitrogen and oxygen atoms in total. The van der Waals surface area contributed by atoms with Gasteiger partial charge in [-0.05, 0) is 49.4 Å². The Kier molecular flexibility index (Phi) is 1.37. The smallest absolute Gasteiger partial charge is 0.140 e. The normalized spacial score (nSPS) is 44.1. The zero-order valence-corrected chi connectivity index (χ0v) is 9.48. The minimum absolute atomic E-state index is 0.214. The molecule has 15 heavy (non-hydrogen) atoms. The fourth-order valence-corrected chi connectivity index (χ4v) is 5.64. The molecule has 0 heterocycles. The van der Waals surface area contributed by atoms with Crippen molar-refractivity contribution >= 4 is 5.78 Å². The molecule has 4 fully saturated rings. The molecule has 0 amide bonds. The van der Waals surface area contributed by atoms with Crippen LogP contribution in [0.15, 0.2) is 0 Å². The van der Waals surface area contributed by atoms with E-state index in [1.165, 1.54) is 57.8 Å². The second kappa shape index (κ2) is 2.33. The topological polar surface area (TPSA) is 17.1 Å². The van der Waals surface area contributed by atoms with Gasteiger partial charge in [0.2, 0.25) is 0 Å². The maximum Gasteiger partial charge on any atom is 0.140 e. The Morgan fingerprint density at radius 3 is 1.93 bits per heavy atom. The average molecular weight is 204 g/mol. The maximum atomic E-state index is 12.1. The molecule has 0 aliphatic heterocycles. The van der Waals surface area contributed by atoms with Crippen LogP contribution in [0.25, 0.3) is 0 Å². The molecule has 4 aliphatic rings. The first-order valence-corrected chi connectivity index (χ1v) is 6.78. The summed E-state index contributed by atoms with van der Waals surface area (Å²) in [5, 5.41) is 0. The number of hydrogen-bond acceptors (Lipinski definition) is 1. The SMILES string of the molecule is O=C1C[C@@]2(CCC23CCC3)C12CCCC2. The Morgan fingerprint density at radius 2 is 1.53 bits per heavy atom. The molecule has 0 saturated heterocycles. The number of carbonyl (C=O) groups is 1. The second-order valence-electron chi connectivity index (χ2n) is 6.61. The van der Waals surface area contributed by atoms with Gasteiger partial charge in [0, 0.05) is 11.8 Å². The monoisotopic (exact) mass is 204 g/mol. The molecule has 0 radical (unpaired) electrons. The van der Waals surface area contributed by atoms with Crippen molar-refractivity contribution in [3.8, 4) is 0 Å². The van der Waals surface area contributed by atoms with Gasteiger partial charge in [0.25, 0.3) is 0 Å². The number of ketones is 1. The van der Waals surface area contributed by atoms with E-state index < -0.39 is 0 Å². The summed E-state index contributed by atoms with van der Waals surface area (Å²) in [7, 11) is 0. The van der Waals surface area contributed by atoms with Crippen LogP contribution in [0.4, 0.5) is 0 Å². The molecule has 1 heteroatoms. The van der Waals surface area contributed by atoms with Crippen LogP contribution in [0.5, 0.6) is 0 Å². The van der Waals surface area contributed by atoms with Crippen LogP contribution in [0.1, 0.15) is 64.2 Å². The highest BCUT2D eigenvalue weighted by Crippen LogP contribution is 2.81. The molecule has 4 aliphatic carbocycles. The minimum Gasteiger partial charge on any atom is -0.299 e. The molecule has 0 bridgehead atoms. The zero-order valence-electron chi connectivity index (χ0n) is 9.48. The van der Waals surface area contributed by atoms with Crippen LogP contribution >= 0.6 is 0 Å². The summed E-state index contributed by atoms with van der Waals surface area (Å²) in [5.74, 6) is 0.644. The molecule has 0 unspecified atom stereocenters. The van der Waals surface area contributed by atoms with Gasteiger partial charge in [-0.25, -0.2) is 0 Å². The van der Waals surface area contributed by atoms with E-state index >= 15 is 0 Å². The minimum atomic E-state index is 0.214. The summed E-state index contributed by atoms with van der Waals surface area (Å²) in [4.78, 5) is 12.1. The van der Waals surface area contributed by atoms with Crippen molar-refractivity contribution in [1.29, 1.82) is 0 Å². The lowest BCUT2D eigenvalue weighted by Gasteiger charge is -2.75. The van der Waals surface area contributed by atoms with Crippen molar-refractivity contribution in [3.05, 3.63) is 0 Å². The first-order chi connectivity index (χ1) is 7.25. The average Bonchev–Trinajstić information content (AvgIpc) is 2.60. The summed E-state index contributed by atoms with van der Waals surface area (Å²) in [6.07, 6.45) is 13.3. The molecular formula is C14H20O. The van der Waals surface area contributed by atoms with E-state index in [0.29, 0.717) is 16.6 Å². The lowest BCUT2D eigenvalue weighted by molar-refractivity contribution is -0.250. The largest absolute Gasteiger partial charge is 0.299 e. The summed E-state index contributed by atoms with van der Waals surface area (Å²) >= 11 is 0. The van der Waals surface area contributed by atoms with Gasteiger partial charge in [0.1, 0.15) is 5.78 Å². The number of Topliss-reactive ketones (excluding diaryl/α,β-unsaturated/α-hetero) is 1. The third-order valence-electron chi connectivity index (χ3n) is 6.73. The van der Waals surface area contributed by atoms with Gasteiger partial charge in [0.15, 0.2) is 0 Å². The molecule has 4 rings (SSSR count). The van der Waals surface area contributed by atoms with Gasteiger partial charge in [-0.15, -0.1) is 0 Å². The third kappa shape index (κ3) is 0.671. The van der Waals surface area contributed by atoms with Gasteiger partial charge in [0.05, 0.1) is 0 Å². The number of rotatable bonds is 0. The number of hydrogen-bond donors (Lipinski definition) is 0. The lowest BCUT2D eigenvalue weighted by Crippen LogP contribution is -2.72. The van der Waals surface area contributed by atoms with Gasteiger partial charge in [-0.2, -0.15) is 0 Å². The highest BCUT2D eigenvalue weighted by Gasteiger charge is 2.77. The van der Waals surface area contributed by atoms with Gasteiger partial charge < -0.3 is 0 Å². The summed E-state index contributed by atoms with van der Waals surface area (Å²) in [5.41, 5.74) is 1.42. The molecule has 0 aromatic rings. The Bertz CT molecular complexity index is 328. The van der Waals surface area contributed by atoms with E-state index in [0.717, 1.165) is 6.42 Å². The fourth-order valence-electron chi connectivity index (χ4n) is 5.64. The molecule has 0 aromatic heterocycles. The lowest BCUT2D eigenvalue weighted by atomic mass is 9.27. The Balaban J connectivity index is 1.75. The first kappa shape index (κ1) is 8.78. The molecule has 0 aromatic carbocycles. The summed E-state index contributed by atoms with van der Waals surface area (Å²) < 4.78 is 0. The van der Waals surface area contributed by atoms with Crippen molar-refractivity contribution in [2.45, 2.75) is 64.2 Å². The second-order valence-corrected chi connectivity index (χ2v) is 6.61. The van der Waals surface area contributed by atoms with Gasteiger partial charge in [-0.1, -0.05) is 19.3 Å². The van der Waals surface area contributed by atoms with Gasteiger partial charge >= 0.3 is 0 Å². The number of carbonyl (C=O) groups excluding carboxylic acids is 1. The van der Waals surface area contributed by atoms with Crippen LogP contribution in [0, 0.1) is 16.2 Å². The van der Waals surface area contributed by atoms with E-state index in [2.05, 4.69) is 0 Å². The maximum absolute atomic E-state index is 12.1. The van der Waals surface area contributed by atoms with Crippen LogP contribution in [0.2, 0.25) is 0 Å². The van der Waals surface area contributed by atoms with Crippen LogP contribution < -0.4 is 0 Å². The highest BCUT2D eigenvalue weighted by atomic mass is 16.1. The quantitative estimate of drug-likeness (QED) is 0.590. The van der Waals surface area contributed by atoms with E-state index in [1.54, 1.807) is 0 Å². The predicted molar refractivity (Wildman–Crippen MR) is 58.5 cm³/mol. The van der Waals surface area contributed by atoms with Crippen molar-refractivity contribution in [2.75, 3.05) is 0 Å². The predicted octanol–water partition coefficient (Wildman–Crippen LogP) is 3.47. The van der Waals surface area contributed by atoms with Crippen molar-refractivity contribution in [2.24, 2.45) is 16.2 Å².